The summed E-state index contributed by atoms with van der Waals surface area (Å²) in [4.78, 5) is 2.22. The van der Waals surface area contributed by atoms with Crippen molar-refractivity contribution in [3.63, 3.8) is 0 Å². The molecule has 0 bridgehead atoms. The molecule has 1 unspecified atom stereocenters. The largest absolute Gasteiger partial charge is 0.419 e. The molecule has 3 rings (SSSR count). The quantitative estimate of drug-likeness (QED) is 0.936. The topological polar surface area (TPSA) is 62.4 Å². The van der Waals surface area contributed by atoms with Crippen molar-refractivity contribution in [2.75, 3.05) is 19.7 Å². The van der Waals surface area contributed by atoms with Gasteiger partial charge in [-0.3, -0.25) is 4.90 Å². The van der Waals surface area contributed by atoms with Crippen LogP contribution in [-0.4, -0.2) is 39.9 Å². The maximum Gasteiger partial charge on any atom is 0.247 e. The summed E-state index contributed by atoms with van der Waals surface area (Å²) in [7, 11) is 0. The van der Waals surface area contributed by atoms with Crippen LogP contribution in [0.5, 0.6) is 0 Å². The number of aromatic nitrogens is 2. The highest BCUT2D eigenvalue weighted by Crippen LogP contribution is 2.23. The van der Waals surface area contributed by atoms with Gasteiger partial charge in [0.15, 0.2) is 0 Å². The fourth-order valence-electron chi connectivity index (χ4n) is 2.45. The molecule has 6 heteroatoms. The number of rotatable bonds is 4. The number of likely N-dealkylation sites (tertiary alicyclic amines) is 1. The van der Waals surface area contributed by atoms with Gasteiger partial charge in [-0.15, -0.1) is 10.2 Å². The van der Waals surface area contributed by atoms with Crippen LogP contribution in [0.3, 0.4) is 0 Å². The van der Waals surface area contributed by atoms with E-state index in [4.69, 9.17) is 21.1 Å². The normalized spacial score (nSPS) is 19.6. The lowest BCUT2D eigenvalue weighted by molar-refractivity contribution is 0.215. The van der Waals surface area contributed by atoms with Crippen LogP contribution >= 0.6 is 11.6 Å². The summed E-state index contributed by atoms with van der Waals surface area (Å²) in [5.74, 6) is 1.45. The van der Waals surface area contributed by atoms with Gasteiger partial charge in [-0.25, -0.2) is 0 Å². The molecule has 1 aliphatic heterocycles. The Morgan fingerprint density at radius 1 is 1.40 bits per heavy atom. The highest BCUT2D eigenvalue weighted by atomic mass is 35.5. The predicted octanol–water partition coefficient (Wildman–Crippen LogP) is 2.20. The molecule has 0 amide bonds. The smallest absolute Gasteiger partial charge is 0.247 e. The van der Waals surface area contributed by atoms with E-state index < -0.39 is 0 Å². The number of aliphatic hydroxyl groups is 1. The molecular formula is C14H16ClN3O2. The van der Waals surface area contributed by atoms with Crippen molar-refractivity contribution < 1.29 is 9.52 Å². The van der Waals surface area contributed by atoms with Gasteiger partial charge in [-0.2, -0.15) is 0 Å². The third kappa shape index (κ3) is 3.00. The highest BCUT2D eigenvalue weighted by Gasteiger charge is 2.23. The van der Waals surface area contributed by atoms with Gasteiger partial charge in [-0.1, -0.05) is 17.7 Å². The molecule has 0 aliphatic carbocycles. The Balaban J connectivity index is 1.68. The average molecular weight is 294 g/mol. The third-order valence-electron chi connectivity index (χ3n) is 3.53. The zero-order chi connectivity index (χ0) is 13.9. The molecule has 1 fully saturated rings. The molecule has 20 heavy (non-hydrogen) atoms. The minimum absolute atomic E-state index is 0.244. The first kappa shape index (κ1) is 13.5. The Morgan fingerprint density at radius 2 is 2.30 bits per heavy atom. The van der Waals surface area contributed by atoms with Crippen LogP contribution in [0.15, 0.2) is 28.7 Å². The molecule has 1 atom stereocenters. The van der Waals surface area contributed by atoms with E-state index in [9.17, 15) is 0 Å². The van der Waals surface area contributed by atoms with E-state index in [1.807, 2.05) is 18.2 Å². The molecule has 0 radical (unpaired) electrons. The first-order valence-electron chi connectivity index (χ1n) is 6.66. The fourth-order valence-corrected chi connectivity index (χ4v) is 2.64. The lowest BCUT2D eigenvalue weighted by Crippen LogP contribution is -2.21. The Bertz CT molecular complexity index is 587. The van der Waals surface area contributed by atoms with Gasteiger partial charge < -0.3 is 9.52 Å². The summed E-state index contributed by atoms with van der Waals surface area (Å²) in [5.41, 5.74) is 0.825. The van der Waals surface area contributed by atoms with E-state index in [0.717, 1.165) is 25.1 Å². The number of halogens is 1. The van der Waals surface area contributed by atoms with Crippen LogP contribution in [0.4, 0.5) is 0 Å². The van der Waals surface area contributed by atoms with Gasteiger partial charge in [0.1, 0.15) is 0 Å². The van der Waals surface area contributed by atoms with E-state index in [-0.39, 0.29) is 6.61 Å². The second-order valence-corrected chi connectivity index (χ2v) is 5.52. The van der Waals surface area contributed by atoms with E-state index >= 15 is 0 Å². The lowest BCUT2D eigenvalue weighted by atomic mass is 10.1. The summed E-state index contributed by atoms with van der Waals surface area (Å²) < 4.78 is 5.67. The maximum atomic E-state index is 9.14. The molecule has 1 aromatic carbocycles. The van der Waals surface area contributed by atoms with Gasteiger partial charge in [0, 0.05) is 23.7 Å². The molecule has 1 saturated heterocycles. The average Bonchev–Trinajstić information content (AvgIpc) is 3.08. The minimum Gasteiger partial charge on any atom is -0.419 e. The second kappa shape index (κ2) is 5.91. The van der Waals surface area contributed by atoms with E-state index in [1.165, 1.54) is 0 Å². The van der Waals surface area contributed by atoms with Crippen LogP contribution in [-0.2, 0) is 6.54 Å². The zero-order valence-corrected chi connectivity index (χ0v) is 11.8. The SMILES string of the molecule is OCC1CCN(Cc2nnc(-c3cccc(Cl)c3)o2)C1. The Hall–Kier alpha value is -1.43. The summed E-state index contributed by atoms with van der Waals surface area (Å²) in [6.45, 7) is 2.71. The molecule has 106 valence electrons. The predicted molar refractivity (Wildman–Crippen MR) is 75.2 cm³/mol. The van der Waals surface area contributed by atoms with Gasteiger partial charge >= 0.3 is 0 Å². The van der Waals surface area contributed by atoms with E-state index in [1.54, 1.807) is 6.07 Å². The molecule has 0 saturated carbocycles. The van der Waals surface area contributed by atoms with Crippen LogP contribution in [0.2, 0.25) is 5.02 Å². The second-order valence-electron chi connectivity index (χ2n) is 5.08. The summed E-state index contributed by atoms with van der Waals surface area (Å²) in [5, 5.41) is 17.9. The molecule has 2 aromatic rings. The molecule has 2 heterocycles. The molecule has 0 spiro atoms. The monoisotopic (exact) mass is 293 g/mol. The van der Waals surface area contributed by atoms with Crippen LogP contribution in [0, 0.1) is 5.92 Å². The Kier molecular flexibility index (Phi) is 4.00. The van der Waals surface area contributed by atoms with Gasteiger partial charge in [-0.05, 0) is 37.1 Å². The molecule has 1 aliphatic rings. The maximum absolute atomic E-state index is 9.14. The number of aliphatic hydroxyl groups excluding tert-OH is 1. The van der Waals surface area contributed by atoms with Crippen molar-refractivity contribution in [3.05, 3.63) is 35.2 Å². The zero-order valence-electron chi connectivity index (χ0n) is 11.0. The van der Waals surface area contributed by atoms with Crippen molar-refractivity contribution in [2.24, 2.45) is 5.92 Å². The fraction of sp³-hybridized carbons (Fsp3) is 0.429. The van der Waals surface area contributed by atoms with Crippen molar-refractivity contribution in [2.45, 2.75) is 13.0 Å². The standard InChI is InChI=1S/C14H16ClN3O2/c15-12-3-1-2-11(6-12)14-17-16-13(20-14)8-18-5-4-10(7-18)9-19/h1-3,6,10,19H,4-5,7-9H2. The highest BCUT2D eigenvalue weighted by molar-refractivity contribution is 6.30. The third-order valence-corrected chi connectivity index (χ3v) is 3.76. The summed E-state index contributed by atoms with van der Waals surface area (Å²) in [6.07, 6.45) is 1.02. The lowest BCUT2D eigenvalue weighted by Gasteiger charge is -2.12. The van der Waals surface area contributed by atoms with Crippen LogP contribution in [0.25, 0.3) is 11.5 Å². The number of hydrogen-bond donors (Lipinski definition) is 1. The molecule has 1 aromatic heterocycles. The molecular weight excluding hydrogens is 278 g/mol. The van der Waals surface area contributed by atoms with E-state index in [2.05, 4.69) is 15.1 Å². The Labute approximate surface area is 122 Å². The first-order valence-corrected chi connectivity index (χ1v) is 7.04. The van der Waals surface area contributed by atoms with Gasteiger partial charge in [0.25, 0.3) is 0 Å². The Morgan fingerprint density at radius 3 is 3.05 bits per heavy atom. The first-order chi connectivity index (χ1) is 9.74. The number of nitrogens with zero attached hydrogens (tertiary/aromatic N) is 3. The summed E-state index contributed by atoms with van der Waals surface area (Å²) in [6, 6.07) is 7.35. The van der Waals surface area contributed by atoms with Crippen LogP contribution < -0.4 is 0 Å². The van der Waals surface area contributed by atoms with Crippen molar-refractivity contribution in [1.82, 2.24) is 15.1 Å². The molecule has 5 nitrogen and oxygen atoms in total. The van der Waals surface area contributed by atoms with Crippen molar-refractivity contribution in [3.8, 4) is 11.5 Å². The van der Waals surface area contributed by atoms with Crippen LogP contribution in [0.1, 0.15) is 12.3 Å². The number of hydrogen-bond acceptors (Lipinski definition) is 5. The number of benzene rings is 1. The molecule has 1 N–H and O–H groups in total. The van der Waals surface area contributed by atoms with Gasteiger partial charge in [0.2, 0.25) is 11.8 Å². The summed E-state index contributed by atoms with van der Waals surface area (Å²) >= 11 is 5.95. The minimum atomic E-state index is 0.244. The van der Waals surface area contributed by atoms with E-state index in [0.29, 0.717) is 29.3 Å². The van der Waals surface area contributed by atoms with Crippen molar-refractivity contribution >= 4 is 11.6 Å². The van der Waals surface area contributed by atoms with Crippen molar-refractivity contribution in [1.29, 1.82) is 0 Å². The van der Waals surface area contributed by atoms with Gasteiger partial charge in [0.05, 0.1) is 6.54 Å².